The van der Waals surface area contributed by atoms with E-state index in [0.29, 0.717) is 21.5 Å². The Labute approximate surface area is 157 Å². The van der Waals surface area contributed by atoms with Crippen LogP contribution in [0.15, 0.2) is 24.3 Å². The predicted octanol–water partition coefficient (Wildman–Crippen LogP) is 4.63. The largest absolute Gasteiger partial charge is 0.465 e. The molecule has 1 aromatic carbocycles. The van der Waals surface area contributed by atoms with Gasteiger partial charge in [-0.05, 0) is 26.8 Å². The average Bonchev–Trinajstić information content (AvgIpc) is 2.89. The zero-order valence-corrected chi connectivity index (χ0v) is 15.5. The lowest BCUT2D eigenvalue weighted by Crippen LogP contribution is -2.45. The Morgan fingerprint density at radius 1 is 1.22 bits per heavy atom. The summed E-state index contributed by atoms with van der Waals surface area (Å²) in [6.07, 6.45) is -1.38. The van der Waals surface area contributed by atoms with E-state index >= 15 is 0 Å². The van der Waals surface area contributed by atoms with Crippen LogP contribution >= 0.6 is 11.3 Å². The molecule has 0 saturated heterocycles. The van der Waals surface area contributed by atoms with E-state index in [1.807, 2.05) is 0 Å². The van der Waals surface area contributed by atoms with E-state index < -0.39 is 23.3 Å². The van der Waals surface area contributed by atoms with E-state index in [-0.39, 0.29) is 17.3 Å². The highest BCUT2D eigenvalue weighted by Gasteiger charge is 2.31. The van der Waals surface area contributed by atoms with Gasteiger partial charge in [0.25, 0.3) is 0 Å². The Morgan fingerprint density at radius 2 is 1.93 bits per heavy atom. The highest BCUT2D eigenvalue weighted by molar-refractivity contribution is 7.21. The molecule has 7 nitrogen and oxygen atoms in total. The van der Waals surface area contributed by atoms with Gasteiger partial charge < -0.3 is 15.6 Å². The van der Waals surface area contributed by atoms with Crippen LogP contribution in [0.4, 0.5) is 24.4 Å². The fraction of sp³-hybridized carbons (Fsp3) is 0.235. The molecule has 0 aliphatic rings. The summed E-state index contributed by atoms with van der Waals surface area (Å²) in [7, 11) is 0. The highest BCUT2D eigenvalue weighted by atomic mass is 32.1. The maximum Gasteiger partial charge on any atom is 0.412 e. The maximum atomic E-state index is 14.3. The summed E-state index contributed by atoms with van der Waals surface area (Å²) >= 11 is 1.13. The normalized spacial score (nSPS) is 11.6. The van der Waals surface area contributed by atoms with Crippen molar-refractivity contribution in [2.75, 3.05) is 10.6 Å². The number of carbonyl (C=O) groups is 1. The summed E-state index contributed by atoms with van der Waals surface area (Å²) in [4.78, 5) is 21.1. The van der Waals surface area contributed by atoms with E-state index in [1.165, 1.54) is 6.07 Å². The lowest BCUT2D eigenvalue weighted by atomic mass is 10.1. The summed E-state index contributed by atoms with van der Waals surface area (Å²) in [5.74, 6) is -2.32. The number of carboxylic acid groups (broad SMARTS) is 1. The monoisotopic (exact) mass is 394 g/mol. The van der Waals surface area contributed by atoms with Gasteiger partial charge in [0.2, 0.25) is 5.88 Å². The first-order valence-electron chi connectivity index (χ1n) is 7.79. The van der Waals surface area contributed by atoms with Crippen molar-refractivity contribution in [1.82, 2.24) is 9.97 Å². The molecule has 142 valence electrons. The second-order valence-electron chi connectivity index (χ2n) is 6.65. The molecule has 0 fully saturated rings. The number of halogens is 2. The number of amides is 1. The van der Waals surface area contributed by atoms with Gasteiger partial charge in [0.15, 0.2) is 16.7 Å². The van der Waals surface area contributed by atoms with Gasteiger partial charge in [-0.3, -0.25) is 4.90 Å². The predicted molar refractivity (Wildman–Crippen MR) is 98.5 cm³/mol. The second kappa shape index (κ2) is 6.62. The van der Waals surface area contributed by atoms with Gasteiger partial charge in [0, 0.05) is 23.7 Å². The molecule has 3 N–H and O–H groups in total. The van der Waals surface area contributed by atoms with E-state index in [1.54, 1.807) is 26.8 Å². The van der Waals surface area contributed by atoms with E-state index in [9.17, 15) is 18.7 Å². The van der Waals surface area contributed by atoms with Gasteiger partial charge in [-0.1, -0.05) is 11.3 Å². The zero-order valence-electron chi connectivity index (χ0n) is 14.7. The van der Waals surface area contributed by atoms with Crippen LogP contribution in [0.3, 0.4) is 0 Å². The van der Waals surface area contributed by atoms with Crippen molar-refractivity contribution in [3.8, 4) is 11.6 Å². The smallest absolute Gasteiger partial charge is 0.412 e. The van der Waals surface area contributed by atoms with Crippen LogP contribution in [0, 0.1) is 11.6 Å². The van der Waals surface area contributed by atoms with Gasteiger partial charge in [0.1, 0.15) is 16.2 Å². The molecule has 1 amide bonds. The Balaban J connectivity index is 2.03. The van der Waals surface area contributed by atoms with Gasteiger partial charge in [-0.15, -0.1) is 0 Å². The van der Waals surface area contributed by atoms with Crippen LogP contribution in [0.5, 0.6) is 11.6 Å². The number of thiazole rings is 1. The first kappa shape index (κ1) is 18.8. The van der Waals surface area contributed by atoms with E-state index in [4.69, 9.17) is 10.5 Å². The van der Waals surface area contributed by atoms with Crippen LogP contribution in [0.25, 0.3) is 10.3 Å². The summed E-state index contributed by atoms with van der Waals surface area (Å²) < 4.78 is 33.9. The van der Waals surface area contributed by atoms with Crippen molar-refractivity contribution >= 4 is 38.6 Å². The van der Waals surface area contributed by atoms with E-state index in [2.05, 4.69) is 9.97 Å². The average molecular weight is 394 g/mol. The molecule has 0 aliphatic carbocycles. The van der Waals surface area contributed by atoms with Crippen LogP contribution < -0.4 is 15.4 Å². The minimum absolute atomic E-state index is 0.0419. The molecule has 2 heterocycles. The number of nitrogen functional groups attached to an aromatic ring is 1. The summed E-state index contributed by atoms with van der Waals surface area (Å²) in [6, 6.07) is 4.64. The molecule has 2 aromatic heterocycles. The Hall–Kier alpha value is -3.01. The number of fused-ring (bicyclic) bond motifs is 1. The Kier molecular flexibility index (Phi) is 4.60. The quantitative estimate of drug-likeness (QED) is 0.672. The number of rotatable bonds is 3. The molecular weight excluding hydrogens is 378 g/mol. The summed E-state index contributed by atoms with van der Waals surface area (Å²) in [5, 5.41) is 9.78. The molecule has 3 aromatic rings. The van der Waals surface area contributed by atoms with Gasteiger partial charge in [-0.25, -0.2) is 23.5 Å². The molecule has 27 heavy (non-hydrogen) atoms. The van der Waals surface area contributed by atoms with Crippen molar-refractivity contribution in [2.24, 2.45) is 0 Å². The van der Waals surface area contributed by atoms with Gasteiger partial charge in [-0.2, -0.15) is 0 Å². The standard InChI is InChI=1S/C17H16F2N4O3S/c1-17(2,3)23(16(24)25)11-7-12(9(19)6-8(11)18)26-13-5-4-10-14(22-13)27-15(20)21-10/h4-7H,1-3H3,(H2,20,21)(H,24,25). The van der Waals surface area contributed by atoms with Crippen molar-refractivity contribution in [2.45, 2.75) is 26.3 Å². The number of pyridine rings is 1. The third kappa shape index (κ3) is 3.75. The number of nitrogens with two attached hydrogens (primary N) is 1. The van der Waals surface area contributed by atoms with Crippen LogP contribution in [0.1, 0.15) is 20.8 Å². The Bertz CT molecular complexity index is 1030. The third-order valence-corrected chi connectivity index (χ3v) is 4.36. The number of ether oxygens (including phenoxy) is 1. The third-order valence-electron chi connectivity index (χ3n) is 3.57. The number of hydrogen-bond donors (Lipinski definition) is 2. The SMILES string of the molecule is CC(C)(C)N(C(=O)O)c1cc(Oc2ccc3nc(N)sc3n2)c(F)cc1F. The molecule has 3 rings (SSSR count). The van der Waals surface area contributed by atoms with E-state index in [0.717, 1.165) is 22.3 Å². The molecular formula is C17H16F2N4O3S. The highest BCUT2D eigenvalue weighted by Crippen LogP contribution is 2.35. The van der Waals surface area contributed by atoms with Gasteiger partial charge in [0.05, 0.1) is 5.69 Å². The topological polar surface area (TPSA) is 102 Å². The molecule has 10 heteroatoms. The number of hydrogen-bond acceptors (Lipinski definition) is 6. The number of benzene rings is 1. The number of anilines is 2. The van der Waals surface area contributed by atoms with Crippen LogP contribution in [0.2, 0.25) is 0 Å². The van der Waals surface area contributed by atoms with Crippen LogP contribution in [-0.4, -0.2) is 26.7 Å². The minimum atomic E-state index is -1.38. The lowest BCUT2D eigenvalue weighted by Gasteiger charge is -2.33. The van der Waals surface area contributed by atoms with Crippen molar-refractivity contribution in [3.63, 3.8) is 0 Å². The Morgan fingerprint density at radius 3 is 2.56 bits per heavy atom. The molecule has 0 aliphatic heterocycles. The summed E-state index contributed by atoms with van der Waals surface area (Å²) in [6.45, 7) is 4.77. The number of aromatic nitrogens is 2. The molecule has 0 radical (unpaired) electrons. The number of nitrogens with zero attached hydrogens (tertiary/aromatic N) is 3. The lowest BCUT2D eigenvalue weighted by molar-refractivity contribution is 0.195. The molecule has 0 spiro atoms. The fourth-order valence-corrected chi connectivity index (χ4v) is 3.20. The molecule has 0 unspecified atom stereocenters. The van der Waals surface area contributed by atoms with Crippen molar-refractivity contribution in [3.05, 3.63) is 35.9 Å². The first-order valence-corrected chi connectivity index (χ1v) is 8.61. The van der Waals surface area contributed by atoms with Crippen molar-refractivity contribution in [1.29, 1.82) is 0 Å². The summed E-state index contributed by atoms with van der Waals surface area (Å²) in [5.41, 5.74) is 4.90. The molecule has 0 saturated carbocycles. The van der Waals surface area contributed by atoms with Crippen LogP contribution in [-0.2, 0) is 0 Å². The molecule has 0 bridgehead atoms. The maximum absolute atomic E-state index is 14.3. The zero-order chi connectivity index (χ0) is 19.9. The first-order chi connectivity index (χ1) is 12.6. The molecule has 0 atom stereocenters. The minimum Gasteiger partial charge on any atom is -0.465 e. The van der Waals surface area contributed by atoms with Gasteiger partial charge >= 0.3 is 6.09 Å². The van der Waals surface area contributed by atoms with Crippen molar-refractivity contribution < 1.29 is 23.4 Å². The fourth-order valence-electron chi connectivity index (χ4n) is 2.51. The second-order valence-corrected chi connectivity index (χ2v) is 7.66.